The molecule has 2 N–H and O–H groups in total. The van der Waals surface area contributed by atoms with E-state index in [1.807, 2.05) is 12.1 Å². The molecular weight excluding hydrogens is 274 g/mol. The van der Waals surface area contributed by atoms with Crippen molar-refractivity contribution in [3.8, 4) is 0 Å². The summed E-state index contributed by atoms with van der Waals surface area (Å²) in [5, 5.41) is 2.34. The molecular formula is C19H30NO2+. The van der Waals surface area contributed by atoms with E-state index in [0.29, 0.717) is 11.5 Å². The number of ether oxygens (including phenoxy) is 1. The summed E-state index contributed by atoms with van der Waals surface area (Å²) in [6, 6.07) is 7.90. The van der Waals surface area contributed by atoms with Gasteiger partial charge in [0.15, 0.2) is 0 Å². The van der Waals surface area contributed by atoms with Crippen LogP contribution in [0, 0.1) is 5.92 Å². The maximum atomic E-state index is 12.4. The Morgan fingerprint density at radius 2 is 1.86 bits per heavy atom. The van der Waals surface area contributed by atoms with Crippen LogP contribution < -0.4 is 5.32 Å². The summed E-state index contributed by atoms with van der Waals surface area (Å²) < 4.78 is 5.83. The van der Waals surface area contributed by atoms with Gasteiger partial charge in [-0.05, 0) is 44.4 Å². The van der Waals surface area contributed by atoms with Crippen LogP contribution in [-0.2, 0) is 11.2 Å². The van der Waals surface area contributed by atoms with Gasteiger partial charge >= 0.3 is 5.97 Å². The van der Waals surface area contributed by atoms with Gasteiger partial charge in [-0.15, -0.1) is 0 Å². The number of unbranched alkanes of at least 4 members (excludes halogenated alkanes) is 1. The van der Waals surface area contributed by atoms with Crippen LogP contribution >= 0.6 is 0 Å². The maximum Gasteiger partial charge on any atom is 0.338 e. The monoisotopic (exact) mass is 304 g/mol. The number of esters is 1. The SMILES string of the molecule is CCCCc1ccc(C(=O)OC(C)(C)C2CC[NH2+]CC2)cc1. The summed E-state index contributed by atoms with van der Waals surface area (Å²) in [6.07, 6.45) is 5.70. The Hall–Kier alpha value is -1.35. The summed E-state index contributed by atoms with van der Waals surface area (Å²) >= 11 is 0. The Kier molecular flexibility index (Phi) is 6.01. The molecule has 0 bridgehead atoms. The molecule has 122 valence electrons. The van der Waals surface area contributed by atoms with Gasteiger partial charge in [0, 0.05) is 18.8 Å². The van der Waals surface area contributed by atoms with Crippen molar-refractivity contribution in [3.63, 3.8) is 0 Å². The van der Waals surface area contributed by atoms with Crippen molar-refractivity contribution in [2.24, 2.45) is 5.92 Å². The summed E-state index contributed by atoms with van der Waals surface area (Å²) in [5.74, 6) is 0.270. The minimum atomic E-state index is -0.383. The number of carbonyl (C=O) groups excluding carboxylic acids is 1. The molecule has 3 nitrogen and oxygen atoms in total. The molecule has 1 saturated heterocycles. The van der Waals surface area contributed by atoms with Crippen molar-refractivity contribution in [2.45, 2.75) is 58.5 Å². The molecule has 1 aromatic rings. The van der Waals surface area contributed by atoms with Crippen LogP contribution in [0.25, 0.3) is 0 Å². The normalized spacial score (nSPS) is 16.5. The molecule has 1 aromatic carbocycles. The van der Waals surface area contributed by atoms with Gasteiger partial charge in [-0.2, -0.15) is 0 Å². The first kappa shape index (κ1) is 17.0. The number of carbonyl (C=O) groups is 1. The number of nitrogens with two attached hydrogens (primary N) is 1. The zero-order chi connectivity index (χ0) is 16.0. The smallest absolute Gasteiger partial charge is 0.338 e. The zero-order valence-electron chi connectivity index (χ0n) is 14.2. The number of hydrogen-bond acceptors (Lipinski definition) is 2. The van der Waals surface area contributed by atoms with E-state index in [-0.39, 0.29) is 11.6 Å². The van der Waals surface area contributed by atoms with E-state index in [0.717, 1.165) is 32.4 Å². The van der Waals surface area contributed by atoms with E-state index in [9.17, 15) is 4.79 Å². The number of aryl methyl sites for hydroxylation is 1. The molecule has 1 fully saturated rings. The largest absolute Gasteiger partial charge is 0.456 e. The fraction of sp³-hybridized carbons (Fsp3) is 0.632. The van der Waals surface area contributed by atoms with Gasteiger partial charge in [0.2, 0.25) is 0 Å². The van der Waals surface area contributed by atoms with Crippen LogP contribution in [0.4, 0.5) is 0 Å². The number of piperidine rings is 1. The first-order valence-corrected chi connectivity index (χ1v) is 8.67. The molecule has 0 atom stereocenters. The fourth-order valence-corrected chi connectivity index (χ4v) is 3.19. The highest BCUT2D eigenvalue weighted by Gasteiger charge is 2.35. The highest BCUT2D eigenvalue weighted by molar-refractivity contribution is 5.89. The summed E-state index contributed by atoms with van der Waals surface area (Å²) in [6.45, 7) is 8.57. The lowest BCUT2D eigenvalue weighted by molar-refractivity contribution is -0.665. The molecule has 0 saturated carbocycles. The van der Waals surface area contributed by atoms with E-state index in [1.54, 1.807) is 0 Å². The number of rotatable bonds is 6. The Labute approximate surface area is 134 Å². The second-order valence-electron chi connectivity index (χ2n) is 6.93. The molecule has 1 aliphatic rings. The van der Waals surface area contributed by atoms with Gasteiger partial charge in [-0.3, -0.25) is 0 Å². The van der Waals surface area contributed by atoms with Crippen molar-refractivity contribution >= 4 is 5.97 Å². The van der Waals surface area contributed by atoms with E-state index in [2.05, 4.69) is 38.2 Å². The number of benzene rings is 1. The molecule has 0 aromatic heterocycles. The third kappa shape index (κ3) is 4.57. The first-order chi connectivity index (χ1) is 10.5. The molecule has 22 heavy (non-hydrogen) atoms. The Morgan fingerprint density at radius 1 is 1.23 bits per heavy atom. The molecule has 1 aliphatic heterocycles. The van der Waals surface area contributed by atoms with Crippen LogP contribution in [0.5, 0.6) is 0 Å². The van der Waals surface area contributed by atoms with Crippen molar-refractivity contribution in [1.29, 1.82) is 0 Å². The van der Waals surface area contributed by atoms with Crippen LogP contribution in [0.15, 0.2) is 24.3 Å². The highest BCUT2D eigenvalue weighted by atomic mass is 16.6. The summed E-state index contributed by atoms with van der Waals surface area (Å²) in [4.78, 5) is 12.4. The highest BCUT2D eigenvalue weighted by Crippen LogP contribution is 2.28. The van der Waals surface area contributed by atoms with Gasteiger partial charge in [-0.1, -0.05) is 25.5 Å². The van der Waals surface area contributed by atoms with Crippen molar-refractivity contribution < 1.29 is 14.8 Å². The second kappa shape index (κ2) is 7.77. The second-order valence-corrected chi connectivity index (χ2v) is 6.93. The van der Waals surface area contributed by atoms with E-state index >= 15 is 0 Å². The van der Waals surface area contributed by atoms with Crippen molar-refractivity contribution in [1.82, 2.24) is 0 Å². The Balaban J connectivity index is 1.95. The lowest BCUT2D eigenvalue weighted by Gasteiger charge is -2.35. The minimum Gasteiger partial charge on any atom is -0.456 e. The van der Waals surface area contributed by atoms with Crippen LogP contribution in [-0.4, -0.2) is 24.7 Å². The summed E-state index contributed by atoms with van der Waals surface area (Å²) in [7, 11) is 0. The van der Waals surface area contributed by atoms with Gasteiger partial charge < -0.3 is 10.1 Å². The van der Waals surface area contributed by atoms with Gasteiger partial charge in [0.05, 0.1) is 18.7 Å². The lowest BCUT2D eigenvalue weighted by atomic mass is 9.83. The van der Waals surface area contributed by atoms with Crippen LogP contribution in [0.2, 0.25) is 0 Å². The quantitative estimate of drug-likeness (QED) is 0.821. The van der Waals surface area contributed by atoms with Crippen molar-refractivity contribution in [2.75, 3.05) is 13.1 Å². The fourth-order valence-electron chi connectivity index (χ4n) is 3.19. The molecule has 0 unspecified atom stereocenters. The number of hydrogen-bond donors (Lipinski definition) is 1. The van der Waals surface area contributed by atoms with E-state index < -0.39 is 0 Å². The van der Waals surface area contributed by atoms with E-state index in [1.165, 1.54) is 18.4 Å². The summed E-state index contributed by atoms with van der Waals surface area (Å²) in [5.41, 5.74) is 1.57. The molecule has 1 heterocycles. The van der Waals surface area contributed by atoms with Gasteiger partial charge in [-0.25, -0.2) is 4.79 Å². The predicted molar refractivity (Wildman–Crippen MR) is 88.9 cm³/mol. The topological polar surface area (TPSA) is 42.9 Å². The first-order valence-electron chi connectivity index (χ1n) is 8.67. The molecule has 3 heteroatoms. The average Bonchev–Trinajstić information content (AvgIpc) is 2.54. The van der Waals surface area contributed by atoms with Gasteiger partial charge in [0.1, 0.15) is 5.60 Å². The third-order valence-electron chi connectivity index (χ3n) is 4.79. The standard InChI is InChI=1S/C19H29NO2/c1-4-5-6-15-7-9-16(10-8-15)18(21)22-19(2,3)17-11-13-20-14-12-17/h7-10,17,20H,4-6,11-14H2,1-3H3/p+1. The molecule has 0 aliphatic carbocycles. The molecule has 0 amide bonds. The van der Waals surface area contributed by atoms with Crippen molar-refractivity contribution in [3.05, 3.63) is 35.4 Å². The van der Waals surface area contributed by atoms with Gasteiger partial charge in [0.25, 0.3) is 0 Å². The average molecular weight is 304 g/mol. The Bertz CT molecular complexity index is 473. The maximum absolute atomic E-state index is 12.4. The van der Waals surface area contributed by atoms with Crippen LogP contribution in [0.3, 0.4) is 0 Å². The Morgan fingerprint density at radius 3 is 2.45 bits per heavy atom. The lowest BCUT2D eigenvalue weighted by Crippen LogP contribution is -2.86. The number of quaternary nitrogens is 1. The predicted octanol–water partition coefficient (Wildman–Crippen LogP) is 2.94. The molecule has 0 radical (unpaired) electrons. The minimum absolute atomic E-state index is 0.193. The van der Waals surface area contributed by atoms with Crippen LogP contribution in [0.1, 0.15) is 62.4 Å². The zero-order valence-corrected chi connectivity index (χ0v) is 14.2. The van der Waals surface area contributed by atoms with E-state index in [4.69, 9.17) is 4.74 Å². The molecule has 2 rings (SSSR count). The third-order valence-corrected chi connectivity index (χ3v) is 4.79. The molecule has 0 spiro atoms.